The van der Waals surface area contributed by atoms with Crippen LogP contribution in [-0.4, -0.2) is 42.1 Å². The van der Waals surface area contributed by atoms with Crippen molar-refractivity contribution >= 4 is 12.0 Å². The number of rotatable bonds is 2. The number of hydrogen-bond donors (Lipinski definition) is 1. The number of fused-ring (bicyclic) bond motifs is 1. The van der Waals surface area contributed by atoms with Crippen LogP contribution >= 0.6 is 0 Å². The number of carbonyl (C=O) groups is 2. The summed E-state index contributed by atoms with van der Waals surface area (Å²) in [5, 5.41) is 2.79. The van der Waals surface area contributed by atoms with Crippen molar-refractivity contribution in [1.29, 1.82) is 0 Å². The molecule has 2 saturated heterocycles. The Bertz CT molecular complexity index is 909. The minimum atomic E-state index is -4.35. The lowest BCUT2D eigenvalue weighted by Gasteiger charge is -2.43. The summed E-state index contributed by atoms with van der Waals surface area (Å²) in [6.45, 7) is 5.01. The van der Waals surface area contributed by atoms with E-state index in [4.69, 9.17) is 4.74 Å². The molecule has 2 amide bonds. The van der Waals surface area contributed by atoms with Crippen molar-refractivity contribution in [1.82, 2.24) is 10.2 Å². The van der Waals surface area contributed by atoms with Gasteiger partial charge in [0.1, 0.15) is 6.61 Å². The Labute approximate surface area is 166 Å². The standard InChI is InChI=1S/C21H23F3N2O3/c1-11-3-4-12(5-14(11)21(22,23)24)16-15-8-26(9-19(15,16)2)17(27)13-6-20(7-13)10-29-18(28)25-20/h3-5,13,15-16H,6-10H2,1-2H3,(H,25,28)/t13?,15-,16-,19-,20?/m0/s1. The van der Waals surface area contributed by atoms with Crippen molar-refractivity contribution in [2.24, 2.45) is 17.3 Å². The van der Waals surface area contributed by atoms with Crippen molar-refractivity contribution in [3.8, 4) is 0 Å². The molecule has 156 valence electrons. The van der Waals surface area contributed by atoms with E-state index in [9.17, 15) is 22.8 Å². The number of aryl methyl sites for hydroxylation is 1. The maximum Gasteiger partial charge on any atom is 0.416 e. The first-order valence-corrected chi connectivity index (χ1v) is 9.94. The number of amides is 2. The molecule has 1 aromatic rings. The molecule has 3 atom stereocenters. The lowest BCUT2D eigenvalue weighted by atomic mass is 9.68. The zero-order chi connectivity index (χ0) is 20.8. The molecule has 4 fully saturated rings. The molecule has 4 aliphatic rings. The summed E-state index contributed by atoms with van der Waals surface area (Å²) in [7, 11) is 0. The van der Waals surface area contributed by atoms with Crippen LogP contribution in [0.4, 0.5) is 18.0 Å². The molecule has 8 heteroatoms. The second-order valence-electron chi connectivity index (χ2n) is 9.47. The number of halogens is 3. The van der Waals surface area contributed by atoms with E-state index in [0.717, 1.165) is 5.56 Å². The van der Waals surface area contributed by atoms with Crippen LogP contribution in [0.2, 0.25) is 0 Å². The molecule has 1 N–H and O–H groups in total. The number of carbonyl (C=O) groups excluding carboxylic acids is 2. The van der Waals surface area contributed by atoms with Gasteiger partial charge >= 0.3 is 12.3 Å². The van der Waals surface area contributed by atoms with Crippen LogP contribution in [0.1, 0.15) is 42.4 Å². The van der Waals surface area contributed by atoms with E-state index in [0.29, 0.717) is 32.5 Å². The van der Waals surface area contributed by atoms with Crippen LogP contribution < -0.4 is 5.32 Å². The van der Waals surface area contributed by atoms with E-state index in [2.05, 4.69) is 12.2 Å². The van der Waals surface area contributed by atoms with Crippen LogP contribution in [-0.2, 0) is 15.7 Å². The van der Waals surface area contributed by atoms with Crippen molar-refractivity contribution < 1.29 is 27.5 Å². The largest absolute Gasteiger partial charge is 0.447 e. The Morgan fingerprint density at radius 2 is 2.03 bits per heavy atom. The molecule has 2 heterocycles. The molecule has 5 rings (SSSR count). The fourth-order valence-corrected chi connectivity index (χ4v) is 5.85. The fraction of sp³-hybridized carbons (Fsp3) is 0.619. The van der Waals surface area contributed by atoms with Gasteiger partial charge in [0.15, 0.2) is 0 Å². The molecule has 1 aromatic carbocycles. The minimum absolute atomic E-state index is 0.0588. The molecule has 1 spiro atoms. The van der Waals surface area contributed by atoms with Gasteiger partial charge in [0.2, 0.25) is 5.91 Å². The van der Waals surface area contributed by atoms with Crippen molar-refractivity contribution in [2.75, 3.05) is 19.7 Å². The van der Waals surface area contributed by atoms with Crippen LogP contribution in [0.5, 0.6) is 0 Å². The van der Waals surface area contributed by atoms with Crippen molar-refractivity contribution in [3.05, 3.63) is 34.9 Å². The predicted octanol–water partition coefficient (Wildman–Crippen LogP) is 3.46. The Kier molecular flexibility index (Phi) is 3.67. The highest BCUT2D eigenvalue weighted by Crippen LogP contribution is 2.68. The normalized spacial score (nSPS) is 37.8. The van der Waals surface area contributed by atoms with E-state index < -0.39 is 17.8 Å². The molecule has 0 bridgehead atoms. The predicted molar refractivity (Wildman–Crippen MR) is 97.0 cm³/mol. The van der Waals surface area contributed by atoms with E-state index >= 15 is 0 Å². The third-order valence-corrected chi connectivity index (χ3v) is 7.51. The monoisotopic (exact) mass is 408 g/mol. The van der Waals surface area contributed by atoms with Crippen LogP contribution in [0.25, 0.3) is 0 Å². The third kappa shape index (κ3) is 2.74. The molecule has 2 aliphatic carbocycles. The number of benzene rings is 1. The van der Waals surface area contributed by atoms with Gasteiger partial charge in [0, 0.05) is 19.0 Å². The van der Waals surface area contributed by atoms with E-state index in [1.807, 2.05) is 4.90 Å². The van der Waals surface area contributed by atoms with E-state index in [-0.39, 0.29) is 40.2 Å². The first kappa shape index (κ1) is 18.8. The summed E-state index contributed by atoms with van der Waals surface area (Å²) in [5.41, 5.74) is -0.175. The Balaban J connectivity index is 1.25. The van der Waals surface area contributed by atoms with Gasteiger partial charge in [-0.05, 0) is 54.2 Å². The van der Waals surface area contributed by atoms with Gasteiger partial charge in [-0.3, -0.25) is 4.79 Å². The maximum absolute atomic E-state index is 13.3. The maximum atomic E-state index is 13.3. The molecule has 2 saturated carbocycles. The molecule has 0 radical (unpaired) electrons. The summed E-state index contributed by atoms with van der Waals surface area (Å²) >= 11 is 0. The van der Waals surface area contributed by atoms with Crippen LogP contribution in [0.15, 0.2) is 18.2 Å². The molecular weight excluding hydrogens is 385 g/mol. The number of piperidine rings is 1. The van der Waals surface area contributed by atoms with E-state index in [1.165, 1.54) is 13.0 Å². The number of nitrogens with zero attached hydrogens (tertiary/aromatic N) is 1. The molecular formula is C21H23F3N2O3. The fourth-order valence-electron chi connectivity index (χ4n) is 5.85. The van der Waals surface area contributed by atoms with E-state index in [1.54, 1.807) is 12.1 Å². The van der Waals surface area contributed by atoms with Crippen molar-refractivity contribution in [3.63, 3.8) is 0 Å². The second kappa shape index (κ2) is 5.67. The molecule has 2 aliphatic heterocycles. The number of nitrogens with one attached hydrogen (secondary N) is 1. The first-order chi connectivity index (χ1) is 13.5. The molecule has 29 heavy (non-hydrogen) atoms. The number of cyclic esters (lactones) is 1. The van der Waals surface area contributed by atoms with Gasteiger partial charge in [0.25, 0.3) is 0 Å². The summed E-state index contributed by atoms with van der Waals surface area (Å²) in [4.78, 5) is 26.0. The van der Waals surface area contributed by atoms with Crippen molar-refractivity contribution in [2.45, 2.75) is 44.3 Å². The smallest absolute Gasteiger partial charge is 0.416 e. The van der Waals surface area contributed by atoms with Gasteiger partial charge in [-0.2, -0.15) is 13.2 Å². The Morgan fingerprint density at radius 1 is 1.31 bits per heavy atom. The average Bonchev–Trinajstić information content (AvgIpc) is 2.92. The highest BCUT2D eigenvalue weighted by atomic mass is 19.4. The Hall–Kier alpha value is -2.25. The topological polar surface area (TPSA) is 58.6 Å². The minimum Gasteiger partial charge on any atom is -0.447 e. The average molecular weight is 408 g/mol. The van der Waals surface area contributed by atoms with Gasteiger partial charge in [0.05, 0.1) is 11.1 Å². The van der Waals surface area contributed by atoms with Gasteiger partial charge in [-0.25, -0.2) is 4.79 Å². The zero-order valence-corrected chi connectivity index (χ0v) is 16.3. The number of hydrogen-bond acceptors (Lipinski definition) is 3. The molecule has 5 nitrogen and oxygen atoms in total. The Morgan fingerprint density at radius 3 is 2.59 bits per heavy atom. The molecule has 0 aromatic heterocycles. The summed E-state index contributed by atoms with van der Waals surface area (Å²) in [5.74, 6) is 0.221. The van der Waals surface area contributed by atoms with Crippen LogP contribution in [0.3, 0.4) is 0 Å². The SMILES string of the molecule is Cc1ccc([C@H]2[C@@H]3CN(C(=O)C4CC5(COC(=O)N5)C4)C[C@@]32C)cc1C(F)(F)F. The number of likely N-dealkylation sites (tertiary alicyclic amines) is 1. The second-order valence-corrected chi connectivity index (χ2v) is 9.47. The number of alkyl carbamates (subject to hydrolysis) is 1. The van der Waals surface area contributed by atoms with Gasteiger partial charge in [-0.15, -0.1) is 0 Å². The van der Waals surface area contributed by atoms with Crippen LogP contribution in [0, 0.1) is 24.2 Å². The lowest BCUT2D eigenvalue weighted by Crippen LogP contribution is -2.58. The van der Waals surface area contributed by atoms with Gasteiger partial charge < -0.3 is 15.0 Å². The highest BCUT2D eigenvalue weighted by molar-refractivity contribution is 5.82. The summed E-state index contributed by atoms with van der Waals surface area (Å²) in [6, 6.07) is 4.63. The first-order valence-electron chi connectivity index (χ1n) is 9.94. The number of alkyl halides is 3. The quantitative estimate of drug-likeness (QED) is 0.815. The zero-order valence-electron chi connectivity index (χ0n) is 16.3. The summed E-state index contributed by atoms with van der Waals surface area (Å²) in [6.07, 6.45) is -3.60. The highest BCUT2D eigenvalue weighted by Gasteiger charge is 2.67. The van der Waals surface area contributed by atoms with Gasteiger partial charge in [-0.1, -0.05) is 19.1 Å². The summed E-state index contributed by atoms with van der Waals surface area (Å²) < 4.78 is 44.7. The molecule has 0 unspecified atom stereocenters. The lowest BCUT2D eigenvalue weighted by molar-refractivity contribution is -0.141. The third-order valence-electron chi connectivity index (χ3n) is 7.51. The number of ether oxygens (including phenoxy) is 1.